The van der Waals surface area contributed by atoms with Crippen LogP contribution < -0.4 is 5.32 Å². The van der Waals surface area contributed by atoms with Crippen molar-refractivity contribution >= 4 is 11.7 Å². The molecular weight excluding hydrogens is 715 g/mol. The van der Waals surface area contributed by atoms with Gasteiger partial charge in [0.2, 0.25) is 5.91 Å². The van der Waals surface area contributed by atoms with Crippen molar-refractivity contribution in [3.8, 4) is 0 Å². The fourth-order valence-electron chi connectivity index (χ4n) is 7.93. The van der Waals surface area contributed by atoms with Crippen molar-refractivity contribution in [1.82, 2.24) is 5.32 Å². The first kappa shape index (κ1) is 53.4. The molecule has 334 valence electrons. The third-order valence-electron chi connectivity index (χ3n) is 11.8. The Hall–Kier alpha value is -1.58. The second-order valence-electron chi connectivity index (χ2n) is 17.1. The van der Waals surface area contributed by atoms with Gasteiger partial charge in [-0.2, -0.15) is 0 Å². The fourth-order valence-corrected chi connectivity index (χ4v) is 7.93. The zero-order chi connectivity index (χ0) is 41.6. The average molecular weight is 806 g/mol. The lowest BCUT2D eigenvalue weighted by atomic mass is 9.92. The van der Waals surface area contributed by atoms with Crippen LogP contribution in [0.4, 0.5) is 0 Å². The molecule has 0 aliphatic carbocycles. The van der Waals surface area contributed by atoms with Crippen LogP contribution in [0.2, 0.25) is 0 Å². The molecule has 1 saturated heterocycles. The molecule has 2 unspecified atom stereocenters. The van der Waals surface area contributed by atoms with Crippen LogP contribution in [-0.4, -0.2) is 75.3 Å². The molecule has 0 bridgehead atoms. The van der Waals surface area contributed by atoms with Gasteiger partial charge in [0.25, 0.3) is 0 Å². The minimum absolute atomic E-state index is 0.120. The van der Waals surface area contributed by atoms with Gasteiger partial charge in [-0.15, -0.1) is 0 Å². The molecule has 1 heterocycles. The van der Waals surface area contributed by atoms with Gasteiger partial charge >= 0.3 is 0 Å². The first-order chi connectivity index (χ1) is 27.8. The predicted molar refractivity (Wildman–Crippen MR) is 237 cm³/mol. The Morgan fingerprint density at radius 1 is 0.632 bits per heavy atom. The summed E-state index contributed by atoms with van der Waals surface area (Å²) in [5.41, 5.74) is 0. The maximum atomic E-state index is 13.0. The fraction of sp³-hybridized carbons (Fsp3) is 0.878. The maximum absolute atomic E-state index is 13.0. The molecule has 1 amide bonds. The van der Waals surface area contributed by atoms with Crippen LogP contribution in [0.3, 0.4) is 0 Å². The summed E-state index contributed by atoms with van der Waals surface area (Å²) in [6.45, 7) is 4.00. The highest BCUT2D eigenvalue weighted by atomic mass is 16.5. The molecule has 8 heteroatoms. The second-order valence-corrected chi connectivity index (χ2v) is 17.1. The molecule has 8 nitrogen and oxygen atoms in total. The molecule has 57 heavy (non-hydrogen) atoms. The SMILES string of the molecule is CCCCCCCC/C=C/CCCCCCCCCCCCCC(=O)NC(CC[C@H]1O[C@@H](CO)[C@@H](O)[C@@H](O)C1=O)C(O)/C=C/CCCCCCCCCCCCC. The van der Waals surface area contributed by atoms with Crippen LogP contribution >= 0.6 is 0 Å². The topological polar surface area (TPSA) is 136 Å². The van der Waals surface area contributed by atoms with Crippen molar-refractivity contribution in [3.05, 3.63) is 24.3 Å². The van der Waals surface area contributed by atoms with E-state index in [1.807, 2.05) is 6.08 Å². The Morgan fingerprint density at radius 3 is 1.47 bits per heavy atom. The van der Waals surface area contributed by atoms with E-state index >= 15 is 0 Å². The Morgan fingerprint density at radius 2 is 1.04 bits per heavy atom. The van der Waals surface area contributed by atoms with Gasteiger partial charge in [0, 0.05) is 6.42 Å². The van der Waals surface area contributed by atoms with Crippen molar-refractivity contribution in [1.29, 1.82) is 0 Å². The van der Waals surface area contributed by atoms with E-state index in [-0.39, 0.29) is 18.7 Å². The molecular formula is C49H91NO7. The molecule has 0 aromatic carbocycles. The van der Waals surface area contributed by atoms with Crippen LogP contribution in [-0.2, 0) is 14.3 Å². The van der Waals surface area contributed by atoms with Gasteiger partial charge in [-0.3, -0.25) is 9.59 Å². The van der Waals surface area contributed by atoms with E-state index in [9.17, 15) is 30.0 Å². The van der Waals surface area contributed by atoms with E-state index in [0.717, 1.165) is 38.5 Å². The third kappa shape index (κ3) is 29.3. The van der Waals surface area contributed by atoms with Gasteiger partial charge in [-0.05, 0) is 57.8 Å². The zero-order valence-electron chi connectivity index (χ0n) is 37.0. The predicted octanol–water partition coefficient (Wildman–Crippen LogP) is 11.3. The number of ketones is 1. The lowest BCUT2D eigenvalue weighted by molar-refractivity contribution is -0.188. The summed E-state index contributed by atoms with van der Waals surface area (Å²) < 4.78 is 5.60. The molecule has 0 radical (unpaired) electrons. The van der Waals surface area contributed by atoms with E-state index in [1.165, 1.54) is 161 Å². The van der Waals surface area contributed by atoms with Gasteiger partial charge in [-0.25, -0.2) is 0 Å². The number of carbonyl (C=O) groups is 2. The van der Waals surface area contributed by atoms with Gasteiger partial charge < -0.3 is 30.5 Å². The number of hydrogen-bond donors (Lipinski definition) is 5. The number of allylic oxidation sites excluding steroid dienone is 3. The van der Waals surface area contributed by atoms with Crippen LogP contribution in [0, 0.1) is 0 Å². The Bertz CT molecular complexity index is 987. The number of rotatable bonds is 40. The first-order valence-corrected chi connectivity index (χ1v) is 24.3. The number of carbonyl (C=O) groups excluding carboxylic acids is 2. The smallest absolute Gasteiger partial charge is 0.220 e. The number of nitrogens with one attached hydrogen (secondary N) is 1. The molecule has 5 N–H and O–H groups in total. The number of amides is 1. The van der Waals surface area contributed by atoms with Crippen molar-refractivity contribution in [2.45, 2.75) is 269 Å². The van der Waals surface area contributed by atoms with Crippen molar-refractivity contribution in [2.75, 3.05) is 6.61 Å². The number of Topliss-reactive ketones (excluding diaryl/α,β-unsaturated/α-hetero) is 1. The summed E-state index contributed by atoms with van der Waals surface area (Å²) >= 11 is 0. The molecule has 0 aromatic rings. The molecule has 0 saturated carbocycles. The quantitative estimate of drug-likeness (QED) is 0.0307. The van der Waals surface area contributed by atoms with Gasteiger partial charge in [0.1, 0.15) is 24.4 Å². The number of hydrogen-bond acceptors (Lipinski definition) is 7. The highest BCUT2D eigenvalue weighted by Gasteiger charge is 2.43. The summed E-state index contributed by atoms with van der Waals surface area (Å²) in [6.07, 6.45) is 42.1. The Balaban J connectivity index is 2.30. The van der Waals surface area contributed by atoms with Crippen molar-refractivity contribution < 1.29 is 34.8 Å². The van der Waals surface area contributed by atoms with E-state index < -0.39 is 49.0 Å². The van der Waals surface area contributed by atoms with Crippen LogP contribution in [0.25, 0.3) is 0 Å². The van der Waals surface area contributed by atoms with Crippen molar-refractivity contribution in [3.63, 3.8) is 0 Å². The zero-order valence-corrected chi connectivity index (χ0v) is 37.0. The Labute approximate surface area is 350 Å². The minimum atomic E-state index is -1.63. The van der Waals surface area contributed by atoms with Gasteiger partial charge in [0.05, 0.1) is 18.8 Å². The summed E-state index contributed by atoms with van der Waals surface area (Å²) in [5, 5.41) is 43.9. The van der Waals surface area contributed by atoms with E-state index in [2.05, 4.69) is 31.3 Å². The lowest BCUT2D eigenvalue weighted by Crippen LogP contribution is -2.56. The summed E-state index contributed by atoms with van der Waals surface area (Å²) in [7, 11) is 0. The summed E-state index contributed by atoms with van der Waals surface area (Å²) in [5.74, 6) is -0.762. The van der Waals surface area contributed by atoms with Crippen LogP contribution in [0.1, 0.15) is 232 Å². The highest BCUT2D eigenvalue weighted by molar-refractivity contribution is 5.88. The largest absolute Gasteiger partial charge is 0.394 e. The normalized spacial score (nSPS) is 19.9. The third-order valence-corrected chi connectivity index (χ3v) is 11.8. The Kier molecular flexibility index (Phi) is 36.2. The molecule has 1 aliphatic rings. The molecule has 1 rings (SSSR count). The minimum Gasteiger partial charge on any atom is -0.394 e. The monoisotopic (exact) mass is 806 g/mol. The van der Waals surface area contributed by atoms with Crippen LogP contribution in [0.5, 0.6) is 0 Å². The average Bonchev–Trinajstić information content (AvgIpc) is 3.21. The molecule has 1 aliphatic heterocycles. The molecule has 6 atom stereocenters. The number of aliphatic hydroxyl groups excluding tert-OH is 4. The number of ether oxygens (including phenoxy) is 1. The summed E-state index contributed by atoms with van der Waals surface area (Å²) in [6, 6.07) is -0.620. The number of aliphatic hydroxyl groups is 4. The van der Waals surface area contributed by atoms with Gasteiger partial charge in [0.15, 0.2) is 5.78 Å². The van der Waals surface area contributed by atoms with E-state index in [0.29, 0.717) is 6.42 Å². The molecule has 0 aromatic heterocycles. The molecule has 0 spiro atoms. The number of unbranched alkanes of at least 4 members (excludes halogenated alkanes) is 28. The van der Waals surface area contributed by atoms with Gasteiger partial charge in [-0.1, -0.05) is 192 Å². The van der Waals surface area contributed by atoms with Crippen LogP contribution in [0.15, 0.2) is 24.3 Å². The second kappa shape index (κ2) is 38.6. The standard InChI is InChI=1S/C49H91NO7/c1-3-5-7-9-11-13-15-17-18-19-20-21-22-23-24-26-28-30-32-34-36-38-46(53)50-42(39-40-44-47(54)49(56)48(55)45(41-51)57-44)43(52)37-35-33-31-29-27-25-16-14-12-10-8-6-4-2/h17-18,35,37,42-45,48-49,51-52,55-56H,3-16,19-34,36,38-41H2,1-2H3,(H,50,53)/b18-17+,37-35+/t42?,43?,44-,45+,48-,49+/m1/s1. The van der Waals surface area contributed by atoms with E-state index in [4.69, 9.17) is 4.74 Å². The van der Waals surface area contributed by atoms with Crippen molar-refractivity contribution in [2.24, 2.45) is 0 Å². The highest BCUT2D eigenvalue weighted by Crippen LogP contribution is 2.23. The first-order valence-electron chi connectivity index (χ1n) is 24.3. The molecule has 1 fully saturated rings. The maximum Gasteiger partial charge on any atom is 0.220 e. The lowest BCUT2D eigenvalue weighted by Gasteiger charge is -2.35. The van der Waals surface area contributed by atoms with E-state index in [1.54, 1.807) is 6.08 Å². The summed E-state index contributed by atoms with van der Waals surface area (Å²) in [4.78, 5) is 25.6.